The van der Waals surface area contributed by atoms with Crippen LogP contribution in [0, 0.1) is 0 Å². The van der Waals surface area contributed by atoms with Gasteiger partial charge >= 0.3 is 0 Å². The Morgan fingerprint density at radius 1 is 1.06 bits per heavy atom. The van der Waals surface area contributed by atoms with Gasteiger partial charge in [-0.25, -0.2) is 4.98 Å². The molecule has 4 rings (SSSR count). The number of amides is 1. The first-order valence-electron chi connectivity index (χ1n) is 9.74. The first-order chi connectivity index (χ1) is 15.1. The normalized spacial score (nSPS) is 10.9. The number of benzene rings is 2. The lowest BCUT2D eigenvalue weighted by Gasteiger charge is -2.10. The van der Waals surface area contributed by atoms with Crippen molar-refractivity contribution in [2.75, 3.05) is 24.3 Å². The number of nitrogens with zero attached hydrogens (tertiary/aromatic N) is 3. The summed E-state index contributed by atoms with van der Waals surface area (Å²) < 4.78 is 12.2. The van der Waals surface area contributed by atoms with Gasteiger partial charge in [0.2, 0.25) is 11.0 Å². The first kappa shape index (κ1) is 21.0. The monoisotopic (exact) mass is 455 g/mol. The molecule has 2 heterocycles. The lowest BCUT2D eigenvalue weighted by Crippen LogP contribution is -2.14. The average Bonchev–Trinajstić information content (AvgIpc) is 3.34. The summed E-state index contributed by atoms with van der Waals surface area (Å²) in [6.45, 7) is 4.93. The Morgan fingerprint density at radius 3 is 2.71 bits per heavy atom. The van der Waals surface area contributed by atoms with Crippen molar-refractivity contribution in [1.82, 2.24) is 15.2 Å². The number of carbonyl (C=O) groups excluding carboxylic acids is 1. The molecule has 0 aliphatic carbocycles. The fourth-order valence-electron chi connectivity index (χ4n) is 3.04. The zero-order valence-corrected chi connectivity index (χ0v) is 18.7. The molecule has 160 valence electrons. The molecule has 0 bridgehead atoms. The molecule has 1 amide bonds. The van der Waals surface area contributed by atoms with Gasteiger partial charge in [-0.05, 0) is 43.7 Å². The molecule has 0 spiro atoms. The fraction of sp³-hybridized carbons (Fsp3) is 0.238. The summed E-state index contributed by atoms with van der Waals surface area (Å²) in [5, 5.41) is 12.8. The second-order valence-corrected chi connectivity index (χ2v) is 8.56. The Morgan fingerprint density at radius 2 is 1.90 bits per heavy atom. The molecule has 2 aromatic heterocycles. The third-order valence-corrected chi connectivity index (χ3v) is 6.02. The Bertz CT molecular complexity index is 1220. The molecule has 2 aromatic carbocycles. The standard InChI is InChI=1S/C21H21N5O3S2/c1-3-28-13-6-7-14(16(11-13)29-4-2)19-25-26-21(31-19)24-18(27)10-12-5-8-15-17(9-12)30-20(22)23-15/h5-9,11H,3-4,10H2,1-2H3,(H2,22,23)(H,24,26,27). The SMILES string of the molecule is CCOc1ccc(-c2nnc(NC(=O)Cc3ccc4nc(N)sc4c3)s2)c(OCC)c1. The molecule has 0 radical (unpaired) electrons. The number of fused-ring (bicyclic) bond motifs is 1. The van der Waals surface area contributed by atoms with Gasteiger partial charge in [-0.2, -0.15) is 0 Å². The van der Waals surface area contributed by atoms with E-state index >= 15 is 0 Å². The van der Waals surface area contributed by atoms with E-state index in [9.17, 15) is 4.79 Å². The maximum Gasteiger partial charge on any atom is 0.230 e. The number of nitrogen functional groups attached to an aromatic ring is 1. The van der Waals surface area contributed by atoms with Crippen LogP contribution in [0.25, 0.3) is 20.8 Å². The van der Waals surface area contributed by atoms with Crippen LogP contribution in [0.4, 0.5) is 10.3 Å². The topological polar surface area (TPSA) is 112 Å². The number of ether oxygens (including phenoxy) is 2. The van der Waals surface area contributed by atoms with E-state index in [4.69, 9.17) is 15.2 Å². The van der Waals surface area contributed by atoms with Gasteiger partial charge in [-0.15, -0.1) is 10.2 Å². The molecule has 0 unspecified atom stereocenters. The van der Waals surface area contributed by atoms with Crippen LogP contribution in [0.5, 0.6) is 11.5 Å². The van der Waals surface area contributed by atoms with Gasteiger partial charge in [0.15, 0.2) is 10.1 Å². The number of hydrogen-bond donors (Lipinski definition) is 2. The van der Waals surface area contributed by atoms with Crippen molar-refractivity contribution >= 4 is 49.1 Å². The average molecular weight is 456 g/mol. The quantitative estimate of drug-likeness (QED) is 0.405. The van der Waals surface area contributed by atoms with E-state index in [2.05, 4.69) is 20.5 Å². The van der Waals surface area contributed by atoms with Gasteiger partial charge in [-0.3, -0.25) is 4.79 Å². The van der Waals surface area contributed by atoms with Gasteiger partial charge in [0.05, 0.1) is 35.4 Å². The number of rotatable bonds is 8. The summed E-state index contributed by atoms with van der Waals surface area (Å²) >= 11 is 2.69. The third-order valence-electron chi connectivity index (χ3n) is 4.30. The van der Waals surface area contributed by atoms with Crippen LogP contribution in [0.1, 0.15) is 19.4 Å². The minimum Gasteiger partial charge on any atom is -0.494 e. The van der Waals surface area contributed by atoms with Crippen LogP contribution in [0.2, 0.25) is 0 Å². The van der Waals surface area contributed by atoms with Crippen molar-refractivity contribution in [3.05, 3.63) is 42.0 Å². The summed E-state index contributed by atoms with van der Waals surface area (Å²) in [4.78, 5) is 16.7. The number of nitrogens with one attached hydrogen (secondary N) is 1. The minimum atomic E-state index is -0.170. The maximum atomic E-state index is 12.5. The third kappa shape index (κ3) is 4.92. The van der Waals surface area contributed by atoms with E-state index in [1.807, 2.05) is 50.2 Å². The van der Waals surface area contributed by atoms with Gasteiger partial charge in [0.25, 0.3) is 0 Å². The molecule has 8 nitrogen and oxygen atoms in total. The number of hydrogen-bond acceptors (Lipinski definition) is 9. The summed E-state index contributed by atoms with van der Waals surface area (Å²) in [7, 11) is 0. The molecule has 3 N–H and O–H groups in total. The Balaban J connectivity index is 1.47. The van der Waals surface area contributed by atoms with Crippen LogP contribution in [-0.4, -0.2) is 34.3 Å². The largest absolute Gasteiger partial charge is 0.494 e. The molecular formula is C21H21N5O3S2. The van der Waals surface area contributed by atoms with E-state index < -0.39 is 0 Å². The van der Waals surface area contributed by atoms with Crippen molar-refractivity contribution in [1.29, 1.82) is 0 Å². The van der Waals surface area contributed by atoms with E-state index in [1.54, 1.807) is 0 Å². The first-order valence-corrected chi connectivity index (χ1v) is 11.4. The number of nitrogens with two attached hydrogens (primary N) is 1. The van der Waals surface area contributed by atoms with E-state index in [1.165, 1.54) is 22.7 Å². The van der Waals surface area contributed by atoms with Crippen molar-refractivity contribution < 1.29 is 14.3 Å². The summed E-state index contributed by atoms with van der Waals surface area (Å²) in [5.41, 5.74) is 8.26. The zero-order valence-electron chi connectivity index (χ0n) is 17.0. The van der Waals surface area contributed by atoms with Crippen LogP contribution in [-0.2, 0) is 11.2 Å². The highest BCUT2D eigenvalue weighted by Crippen LogP contribution is 2.36. The lowest BCUT2D eigenvalue weighted by molar-refractivity contribution is -0.115. The number of carbonyl (C=O) groups is 1. The van der Waals surface area contributed by atoms with Crippen molar-refractivity contribution in [3.63, 3.8) is 0 Å². The van der Waals surface area contributed by atoms with Crippen LogP contribution in [0.3, 0.4) is 0 Å². The molecule has 10 heteroatoms. The van der Waals surface area contributed by atoms with Gasteiger partial charge in [0, 0.05) is 6.07 Å². The molecule has 0 fully saturated rings. The highest BCUT2D eigenvalue weighted by Gasteiger charge is 2.15. The van der Waals surface area contributed by atoms with Gasteiger partial charge < -0.3 is 20.5 Å². The molecule has 0 atom stereocenters. The van der Waals surface area contributed by atoms with Crippen LogP contribution < -0.4 is 20.5 Å². The summed E-state index contributed by atoms with van der Waals surface area (Å²) in [5.74, 6) is 1.23. The van der Waals surface area contributed by atoms with E-state index in [-0.39, 0.29) is 12.3 Å². The predicted octanol–water partition coefficient (Wildman–Crippen LogP) is 4.38. The summed E-state index contributed by atoms with van der Waals surface area (Å²) in [6, 6.07) is 11.3. The summed E-state index contributed by atoms with van der Waals surface area (Å²) in [6.07, 6.45) is 0.218. The van der Waals surface area contributed by atoms with Crippen molar-refractivity contribution in [2.24, 2.45) is 0 Å². The highest BCUT2D eigenvalue weighted by molar-refractivity contribution is 7.22. The second-order valence-electron chi connectivity index (χ2n) is 6.52. The minimum absolute atomic E-state index is 0.170. The Labute approximate surface area is 187 Å². The molecule has 31 heavy (non-hydrogen) atoms. The van der Waals surface area contributed by atoms with Crippen LogP contribution in [0.15, 0.2) is 36.4 Å². The molecular weight excluding hydrogens is 434 g/mol. The molecule has 0 saturated heterocycles. The Kier molecular flexibility index (Phi) is 6.28. The van der Waals surface area contributed by atoms with Crippen molar-refractivity contribution in [2.45, 2.75) is 20.3 Å². The second kappa shape index (κ2) is 9.27. The number of anilines is 2. The Hall–Kier alpha value is -3.24. The van der Waals surface area contributed by atoms with Gasteiger partial charge in [-0.1, -0.05) is 28.7 Å². The maximum absolute atomic E-state index is 12.5. The predicted molar refractivity (Wildman–Crippen MR) is 124 cm³/mol. The smallest absolute Gasteiger partial charge is 0.230 e. The van der Waals surface area contributed by atoms with E-state index in [0.717, 1.165) is 27.1 Å². The zero-order chi connectivity index (χ0) is 21.8. The fourth-order valence-corrected chi connectivity index (χ4v) is 4.63. The van der Waals surface area contributed by atoms with E-state index in [0.29, 0.717) is 34.2 Å². The molecule has 4 aromatic rings. The molecule has 0 saturated carbocycles. The molecule has 0 aliphatic heterocycles. The van der Waals surface area contributed by atoms with Gasteiger partial charge in [0.1, 0.15) is 11.5 Å². The number of thiazole rings is 1. The lowest BCUT2D eigenvalue weighted by atomic mass is 10.1. The van der Waals surface area contributed by atoms with Crippen LogP contribution >= 0.6 is 22.7 Å². The number of aromatic nitrogens is 3. The highest BCUT2D eigenvalue weighted by atomic mass is 32.1. The van der Waals surface area contributed by atoms with Crippen molar-refractivity contribution in [3.8, 4) is 22.1 Å². The molecule has 0 aliphatic rings.